The van der Waals surface area contributed by atoms with Gasteiger partial charge in [0.05, 0.1) is 6.10 Å². The predicted octanol–water partition coefficient (Wildman–Crippen LogP) is 3.61. The lowest BCUT2D eigenvalue weighted by atomic mass is 9.76. The molecule has 0 aromatic heterocycles. The molecule has 0 aromatic carbocycles. The summed E-state index contributed by atoms with van der Waals surface area (Å²) < 4.78 is 5.80. The van der Waals surface area contributed by atoms with Gasteiger partial charge in [0.2, 0.25) is 0 Å². The number of hydrogen-bond acceptors (Lipinski definition) is 2. The summed E-state index contributed by atoms with van der Waals surface area (Å²) in [4.78, 5) is 0. The summed E-state index contributed by atoms with van der Waals surface area (Å²) in [5, 5.41) is 3.64. The van der Waals surface area contributed by atoms with Crippen LogP contribution in [0.2, 0.25) is 0 Å². The van der Waals surface area contributed by atoms with Crippen molar-refractivity contribution in [3.05, 3.63) is 0 Å². The summed E-state index contributed by atoms with van der Waals surface area (Å²) in [5.41, 5.74) is 0. The number of likely N-dealkylation sites (N-methyl/N-ethyl adjacent to an activating group) is 1. The SMILES string of the molecule is CCNC(C1CCC(CC)CC1)C(C)OCC. The maximum atomic E-state index is 5.80. The van der Waals surface area contributed by atoms with Gasteiger partial charge in [0.25, 0.3) is 0 Å². The maximum Gasteiger partial charge on any atom is 0.0702 e. The zero-order valence-electron chi connectivity index (χ0n) is 12.2. The molecule has 2 nitrogen and oxygen atoms in total. The van der Waals surface area contributed by atoms with Crippen LogP contribution in [-0.2, 0) is 4.74 Å². The topological polar surface area (TPSA) is 21.3 Å². The zero-order valence-corrected chi connectivity index (χ0v) is 12.2. The van der Waals surface area contributed by atoms with Gasteiger partial charge in [0.15, 0.2) is 0 Å². The van der Waals surface area contributed by atoms with E-state index in [4.69, 9.17) is 4.74 Å². The van der Waals surface area contributed by atoms with Crippen molar-refractivity contribution in [2.45, 2.75) is 71.9 Å². The van der Waals surface area contributed by atoms with Crippen molar-refractivity contribution in [1.29, 1.82) is 0 Å². The monoisotopic (exact) mass is 241 g/mol. The third-order valence-electron chi connectivity index (χ3n) is 4.35. The molecule has 0 saturated heterocycles. The standard InChI is InChI=1S/C15H31NO/c1-5-13-8-10-14(11-9-13)15(16-6-2)12(4)17-7-3/h12-16H,5-11H2,1-4H3. The molecule has 0 aliphatic heterocycles. The van der Waals surface area contributed by atoms with Crippen molar-refractivity contribution in [1.82, 2.24) is 5.32 Å². The molecule has 0 spiro atoms. The number of rotatable bonds is 7. The van der Waals surface area contributed by atoms with E-state index in [-0.39, 0.29) is 0 Å². The molecule has 1 saturated carbocycles. The van der Waals surface area contributed by atoms with E-state index in [0.717, 1.165) is 25.0 Å². The molecular weight excluding hydrogens is 210 g/mol. The molecule has 0 amide bonds. The van der Waals surface area contributed by atoms with Crippen molar-refractivity contribution < 1.29 is 4.74 Å². The Kier molecular flexibility index (Phi) is 7.14. The zero-order chi connectivity index (χ0) is 12.7. The first-order valence-electron chi connectivity index (χ1n) is 7.57. The number of nitrogens with one attached hydrogen (secondary N) is 1. The van der Waals surface area contributed by atoms with Crippen molar-refractivity contribution in [3.63, 3.8) is 0 Å². The van der Waals surface area contributed by atoms with Gasteiger partial charge in [-0.25, -0.2) is 0 Å². The normalized spacial score (nSPS) is 28.9. The molecular formula is C15H31NO. The lowest BCUT2D eigenvalue weighted by molar-refractivity contribution is 0.0211. The minimum Gasteiger partial charge on any atom is -0.377 e. The van der Waals surface area contributed by atoms with Crippen molar-refractivity contribution in [3.8, 4) is 0 Å². The molecule has 1 aliphatic rings. The van der Waals surface area contributed by atoms with Gasteiger partial charge >= 0.3 is 0 Å². The minimum atomic E-state index is 0.350. The molecule has 1 N–H and O–H groups in total. The molecule has 2 heteroatoms. The van der Waals surface area contributed by atoms with Crippen LogP contribution in [0.15, 0.2) is 0 Å². The molecule has 1 aliphatic carbocycles. The molecule has 102 valence electrons. The summed E-state index contributed by atoms with van der Waals surface area (Å²) in [6.07, 6.45) is 7.31. The van der Waals surface area contributed by atoms with Crippen molar-refractivity contribution in [2.75, 3.05) is 13.2 Å². The summed E-state index contributed by atoms with van der Waals surface area (Å²) in [7, 11) is 0. The Morgan fingerprint density at radius 2 is 1.76 bits per heavy atom. The maximum absolute atomic E-state index is 5.80. The van der Waals surface area contributed by atoms with E-state index >= 15 is 0 Å². The first-order chi connectivity index (χ1) is 8.22. The Bertz CT molecular complexity index is 187. The highest BCUT2D eigenvalue weighted by Crippen LogP contribution is 2.33. The van der Waals surface area contributed by atoms with Gasteiger partial charge < -0.3 is 10.1 Å². The first kappa shape index (κ1) is 15.0. The molecule has 0 bridgehead atoms. The van der Waals surface area contributed by atoms with Crippen LogP contribution in [0.5, 0.6) is 0 Å². The van der Waals surface area contributed by atoms with Crippen LogP contribution >= 0.6 is 0 Å². The molecule has 2 atom stereocenters. The molecule has 17 heavy (non-hydrogen) atoms. The molecule has 1 rings (SSSR count). The molecule has 2 unspecified atom stereocenters. The van der Waals surface area contributed by atoms with Gasteiger partial charge in [-0.05, 0) is 45.1 Å². The van der Waals surface area contributed by atoms with Crippen LogP contribution in [0.25, 0.3) is 0 Å². The number of hydrogen-bond donors (Lipinski definition) is 1. The van der Waals surface area contributed by atoms with Gasteiger partial charge in [0, 0.05) is 12.6 Å². The highest BCUT2D eigenvalue weighted by Gasteiger charge is 2.30. The van der Waals surface area contributed by atoms with E-state index in [2.05, 4.69) is 33.0 Å². The predicted molar refractivity (Wildman–Crippen MR) is 74.3 cm³/mol. The second kappa shape index (κ2) is 8.10. The van der Waals surface area contributed by atoms with E-state index in [9.17, 15) is 0 Å². The summed E-state index contributed by atoms with van der Waals surface area (Å²) in [5.74, 6) is 1.80. The van der Waals surface area contributed by atoms with E-state index < -0.39 is 0 Å². The second-order valence-electron chi connectivity index (χ2n) is 5.43. The third-order valence-corrected chi connectivity index (χ3v) is 4.35. The molecule has 0 aromatic rings. The van der Waals surface area contributed by atoms with Crippen LogP contribution in [0.4, 0.5) is 0 Å². The Morgan fingerprint density at radius 1 is 1.12 bits per heavy atom. The van der Waals surface area contributed by atoms with Crippen molar-refractivity contribution >= 4 is 0 Å². The average molecular weight is 241 g/mol. The summed E-state index contributed by atoms with van der Waals surface area (Å²) in [6.45, 7) is 10.7. The Balaban J connectivity index is 2.47. The highest BCUT2D eigenvalue weighted by atomic mass is 16.5. The van der Waals surface area contributed by atoms with Gasteiger partial charge in [-0.3, -0.25) is 0 Å². The van der Waals surface area contributed by atoms with Gasteiger partial charge in [-0.15, -0.1) is 0 Å². The molecule has 1 fully saturated rings. The quantitative estimate of drug-likeness (QED) is 0.735. The van der Waals surface area contributed by atoms with Crippen molar-refractivity contribution in [2.24, 2.45) is 11.8 Å². The fourth-order valence-electron chi connectivity index (χ4n) is 3.27. The lowest BCUT2D eigenvalue weighted by Gasteiger charge is -2.37. The largest absolute Gasteiger partial charge is 0.377 e. The smallest absolute Gasteiger partial charge is 0.0702 e. The van der Waals surface area contributed by atoms with Gasteiger partial charge in [-0.1, -0.05) is 33.1 Å². The van der Waals surface area contributed by atoms with E-state index in [1.54, 1.807) is 0 Å². The van der Waals surface area contributed by atoms with E-state index in [1.165, 1.54) is 32.1 Å². The summed E-state index contributed by atoms with van der Waals surface area (Å²) in [6, 6.07) is 0.553. The van der Waals surface area contributed by atoms with Crippen LogP contribution in [0.1, 0.15) is 59.8 Å². The van der Waals surface area contributed by atoms with Gasteiger partial charge in [-0.2, -0.15) is 0 Å². The number of ether oxygens (including phenoxy) is 1. The van der Waals surface area contributed by atoms with Crippen LogP contribution in [0.3, 0.4) is 0 Å². The van der Waals surface area contributed by atoms with Crippen LogP contribution in [-0.4, -0.2) is 25.3 Å². The van der Waals surface area contributed by atoms with E-state index in [0.29, 0.717) is 12.1 Å². The summed E-state index contributed by atoms with van der Waals surface area (Å²) >= 11 is 0. The molecule has 0 heterocycles. The van der Waals surface area contributed by atoms with Crippen LogP contribution < -0.4 is 5.32 Å². The second-order valence-corrected chi connectivity index (χ2v) is 5.43. The first-order valence-corrected chi connectivity index (χ1v) is 7.57. The van der Waals surface area contributed by atoms with Gasteiger partial charge in [0.1, 0.15) is 0 Å². The van der Waals surface area contributed by atoms with E-state index in [1.807, 2.05) is 0 Å². The fraction of sp³-hybridized carbons (Fsp3) is 1.00. The Hall–Kier alpha value is -0.0800. The lowest BCUT2D eigenvalue weighted by Crippen LogP contribution is -2.46. The Labute approximate surface area is 108 Å². The highest BCUT2D eigenvalue weighted by molar-refractivity contribution is 4.85. The molecule has 0 radical (unpaired) electrons. The fourth-order valence-corrected chi connectivity index (χ4v) is 3.27. The minimum absolute atomic E-state index is 0.350. The average Bonchev–Trinajstić information content (AvgIpc) is 2.36. The van der Waals surface area contributed by atoms with Crippen LogP contribution in [0, 0.1) is 11.8 Å². The third kappa shape index (κ3) is 4.59. The Morgan fingerprint density at radius 3 is 2.24 bits per heavy atom.